The number of ether oxygens (including phenoxy) is 2. The van der Waals surface area contributed by atoms with Crippen LogP contribution in [0, 0.1) is 11.7 Å². The van der Waals surface area contributed by atoms with Crippen LogP contribution in [0.15, 0.2) is 24.3 Å². The SMILES string of the molecule is C[C@H](CC(=O)OC(C)(C)C)C(=O)O[C@H](C)[C@H](C)c1ccc(F)cc1. The van der Waals surface area contributed by atoms with Gasteiger partial charge in [-0.15, -0.1) is 0 Å². The third kappa shape index (κ3) is 6.69. The molecule has 1 rings (SSSR count). The van der Waals surface area contributed by atoms with E-state index in [-0.39, 0.29) is 24.3 Å². The summed E-state index contributed by atoms with van der Waals surface area (Å²) >= 11 is 0. The van der Waals surface area contributed by atoms with E-state index in [1.165, 1.54) is 12.1 Å². The molecule has 0 aliphatic carbocycles. The van der Waals surface area contributed by atoms with E-state index in [1.54, 1.807) is 46.8 Å². The number of carbonyl (C=O) groups excluding carboxylic acids is 2. The van der Waals surface area contributed by atoms with E-state index >= 15 is 0 Å². The van der Waals surface area contributed by atoms with Crippen molar-refractivity contribution in [3.8, 4) is 0 Å². The van der Waals surface area contributed by atoms with Gasteiger partial charge in [0.2, 0.25) is 0 Å². The van der Waals surface area contributed by atoms with Crippen molar-refractivity contribution >= 4 is 11.9 Å². The van der Waals surface area contributed by atoms with Crippen molar-refractivity contribution in [2.75, 3.05) is 0 Å². The zero-order valence-corrected chi connectivity index (χ0v) is 15.3. The molecule has 0 fully saturated rings. The summed E-state index contributed by atoms with van der Waals surface area (Å²) in [6.45, 7) is 10.7. The van der Waals surface area contributed by atoms with Crippen molar-refractivity contribution in [1.29, 1.82) is 0 Å². The molecule has 4 nitrogen and oxygen atoms in total. The first-order valence-corrected chi connectivity index (χ1v) is 8.17. The van der Waals surface area contributed by atoms with Crippen molar-refractivity contribution < 1.29 is 23.5 Å². The maximum absolute atomic E-state index is 13.0. The Kier molecular flexibility index (Phi) is 6.93. The lowest BCUT2D eigenvalue weighted by Crippen LogP contribution is -2.29. The second kappa shape index (κ2) is 8.27. The molecule has 1 aromatic rings. The minimum absolute atomic E-state index is 0.0201. The largest absolute Gasteiger partial charge is 0.462 e. The summed E-state index contributed by atoms with van der Waals surface area (Å²) in [6, 6.07) is 6.11. The number of carbonyl (C=O) groups is 2. The first-order chi connectivity index (χ1) is 11.0. The highest BCUT2D eigenvalue weighted by Gasteiger charge is 2.26. The molecule has 0 N–H and O–H groups in total. The van der Waals surface area contributed by atoms with Crippen LogP contribution in [0.5, 0.6) is 0 Å². The number of hydrogen-bond acceptors (Lipinski definition) is 4. The molecule has 0 unspecified atom stereocenters. The maximum Gasteiger partial charge on any atom is 0.309 e. The molecule has 0 amide bonds. The minimum Gasteiger partial charge on any atom is -0.462 e. The number of benzene rings is 1. The quantitative estimate of drug-likeness (QED) is 0.729. The number of rotatable bonds is 6. The molecule has 0 bridgehead atoms. The smallest absolute Gasteiger partial charge is 0.309 e. The molecule has 0 heterocycles. The zero-order valence-electron chi connectivity index (χ0n) is 15.3. The van der Waals surface area contributed by atoms with E-state index in [0.29, 0.717) is 0 Å². The van der Waals surface area contributed by atoms with E-state index in [2.05, 4.69) is 0 Å². The van der Waals surface area contributed by atoms with E-state index in [0.717, 1.165) is 5.56 Å². The van der Waals surface area contributed by atoms with Crippen molar-refractivity contribution in [2.45, 2.75) is 65.6 Å². The monoisotopic (exact) mass is 338 g/mol. The zero-order chi connectivity index (χ0) is 18.5. The van der Waals surface area contributed by atoms with Gasteiger partial charge < -0.3 is 9.47 Å². The van der Waals surface area contributed by atoms with Crippen LogP contribution in [-0.2, 0) is 19.1 Å². The van der Waals surface area contributed by atoms with Gasteiger partial charge in [-0.2, -0.15) is 0 Å². The van der Waals surface area contributed by atoms with Crippen molar-refractivity contribution in [3.63, 3.8) is 0 Å². The highest BCUT2D eigenvalue weighted by Crippen LogP contribution is 2.23. The van der Waals surface area contributed by atoms with Crippen LogP contribution in [0.4, 0.5) is 4.39 Å². The summed E-state index contributed by atoms with van der Waals surface area (Å²) < 4.78 is 23.6. The molecule has 3 atom stereocenters. The maximum atomic E-state index is 13.0. The Hall–Kier alpha value is -1.91. The summed E-state index contributed by atoms with van der Waals surface area (Å²) in [5.74, 6) is -1.83. The highest BCUT2D eigenvalue weighted by atomic mass is 19.1. The first kappa shape index (κ1) is 20.1. The van der Waals surface area contributed by atoms with Crippen molar-refractivity contribution in [3.05, 3.63) is 35.6 Å². The van der Waals surface area contributed by atoms with Gasteiger partial charge in [0.1, 0.15) is 17.5 Å². The van der Waals surface area contributed by atoms with Gasteiger partial charge in [0.15, 0.2) is 0 Å². The van der Waals surface area contributed by atoms with E-state index in [4.69, 9.17) is 9.47 Å². The van der Waals surface area contributed by atoms with Crippen molar-refractivity contribution in [2.24, 2.45) is 5.92 Å². The molecule has 134 valence electrons. The van der Waals surface area contributed by atoms with Crippen LogP contribution >= 0.6 is 0 Å². The topological polar surface area (TPSA) is 52.6 Å². The molecule has 0 radical (unpaired) electrons. The molecular weight excluding hydrogens is 311 g/mol. The van der Waals surface area contributed by atoms with E-state index in [1.807, 2.05) is 6.92 Å². The Morgan fingerprint density at radius 1 is 1.08 bits per heavy atom. The lowest BCUT2D eigenvalue weighted by molar-refractivity contribution is -0.163. The van der Waals surface area contributed by atoms with Gasteiger partial charge in [-0.05, 0) is 45.4 Å². The Labute approximate surface area is 143 Å². The molecule has 5 heteroatoms. The number of hydrogen-bond donors (Lipinski definition) is 0. The fraction of sp³-hybridized carbons (Fsp3) is 0.579. The summed E-state index contributed by atoms with van der Waals surface area (Å²) in [7, 11) is 0. The summed E-state index contributed by atoms with van der Waals surface area (Å²) in [6.07, 6.45) is -0.405. The van der Waals surface area contributed by atoms with Gasteiger partial charge in [-0.25, -0.2) is 4.39 Å². The first-order valence-electron chi connectivity index (χ1n) is 8.17. The summed E-state index contributed by atoms with van der Waals surface area (Å²) in [4.78, 5) is 23.9. The molecular formula is C19H27FO4. The Bertz CT molecular complexity index is 560. The summed E-state index contributed by atoms with van der Waals surface area (Å²) in [5.41, 5.74) is 0.307. The Balaban J connectivity index is 2.56. The van der Waals surface area contributed by atoms with Gasteiger partial charge in [-0.3, -0.25) is 9.59 Å². The summed E-state index contributed by atoms with van der Waals surface area (Å²) in [5, 5.41) is 0. The molecule has 1 aromatic carbocycles. The molecule has 0 aliphatic heterocycles. The molecule has 0 aliphatic rings. The van der Waals surface area contributed by atoms with Crippen LogP contribution in [0.1, 0.15) is 59.4 Å². The fourth-order valence-corrected chi connectivity index (χ4v) is 2.16. The minimum atomic E-state index is -0.581. The standard InChI is InChI=1S/C19H27FO4/c1-12(11-17(21)24-19(4,5)6)18(22)23-14(3)13(2)15-7-9-16(20)10-8-15/h7-10,12-14H,11H2,1-6H3/t12-,13+,14-/m1/s1. The molecule has 24 heavy (non-hydrogen) atoms. The Morgan fingerprint density at radius 3 is 2.12 bits per heavy atom. The number of halogens is 1. The Morgan fingerprint density at radius 2 is 1.62 bits per heavy atom. The van der Waals surface area contributed by atoms with Gasteiger partial charge >= 0.3 is 11.9 Å². The van der Waals surface area contributed by atoms with Crippen LogP contribution in [0.3, 0.4) is 0 Å². The van der Waals surface area contributed by atoms with Crippen LogP contribution < -0.4 is 0 Å². The lowest BCUT2D eigenvalue weighted by Gasteiger charge is -2.23. The highest BCUT2D eigenvalue weighted by molar-refractivity contribution is 5.79. The van der Waals surface area contributed by atoms with Gasteiger partial charge in [-0.1, -0.05) is 26.0 Å². The van der Waals surface area contributed by atoms with Gasteiger partial charge in [0.05, 0.1) is 12.3 Å². The van der Waals surface area contributed by atoms with E-state index < -0.39 is 23.5 Å². The lowest BCUT2D eigenvalue weighted by atomic mass is 9.96. The fourth-order valence-electron chi connectivity index (χ4n) is 2.16. The second-order valence-electron chi connectivity index (χ2n) is 7.17. The average Bonchev–Trinajstić information content (AvgIpc) is 2.44. The van der Waals surface area contributed by atoms with Gasteiger partial charge in [0, 0.05) is 5.92 Å². The van der Waals surface area contributed by atoms with Crippen molar-refractivity contribution in [1.82, 2.24) is 0 Å². The predicted molar refractivity (Wildman–Crippen MR) is 90.0 cm³/mol. The van der Waals surface area contributed by atoms with Crippen LogP contribution in [0.25, 0.3) is 0 Å². The van der Waals surface area contributed by atoms with Crippen LogP contribution in [0.2, 0.25) is 0 Å². The van der Waals surface area contributed by atoms with E-state index in [9.17, 15) is 14.0 Å². The predicted octanol–water partition coefficient (Wildman–Crippen LogP) is 4.23. The molecule has 0 saturated heterocycles. The average molecular weight is 338 g/mol. The molecule has 0 aromatic heterocycles. The van der Waals surface area contributed by atoms with Crippen LogP contribution in [-0.4, -0.2) is 23.6 Å². The normalized spacial score (nSPS) is 15.3. The number of esters is 2. The van der Waals surface area contributed by atoms with Gasteiger partial charge in [0.25, 0.3) is 0 Å². The third-order valence-electron chi connectivity index (χ3n) is 3.70. The molecule has 0 saturated carbocycles. The third-order valence-corrected chi connectivity index (χ3v) is 3.70. The molecule has 0 spiro atoms. The second-order valence-corrected chi connectivity index (χ2v) is 7.17.